The molecule has 0 bridgehead atoms. The summed E-state index contributed by atoms with van der Waals surface area (Å²) in [6.45, 7) is 6.44. The molecule has 26 heavy (non-hydrogen) atoms. The first-order valence-corrected chi connectivity index (χ1v) is 9.65. The first-order valence-electron chi connectivity index (χ1n) is 8.70. The number of aromatic nitrogens is 2. The van der Waals surface area contributed by atoms with Gasteiger partial charge in [-0.1, -0.05) is 38.5 Å². The Bertz CT molecular complexity index is 748. The van der Waals surface area contributed by atoms with E-state index in [1.165, 1.54) is 17.9 Å². The standard InChI is InChI=1S/C19H25F2N3OS/c1-5-8-12(2)26-13(3)14-9-6-7-10-16(14)22-19(25)15-11-24(4)23-17(15)18(20)21/h6-7,9-13,18H,5,8H2,1-4H3,(H,22,25). The lowest BCUT2D eigenvalue weighted by molar-refractivity contribution is 0.101. The normalized spacial score (nSPS) is 13.7. The molecule has 1 N–H and O–H groups in total. The molecule has 1 aromatic carbocycles. The first kappa shape index (κ1) is 20.4. The SMILES string of the molecule is CCCC(C)SC(C)c1ccccc1NC(=O)c1cn(C)nc1C(F)F. The van der Waals surface area contributed by atoms with E-state index < -0.39 is 18.0 Å². The zero-order valence-corrected chi connectivity index (χ0v) is 16.3. The summed E-state index contributed by atoms with van der Waals surface area (Å²) in [5.74, 6) is -0.570. The van der Waals surface area contributed by atoms with E-state index in [0.717, 1.165) is 18.4 Å². The van der Waals surface area contributed by atoms with Crippen molar-refractivity contribution in [1.29, 1.82) is 0 Å². The number of carbonyl (C=O) groups is 1. The molecule has 1 aromatic heterocycles. The Morgan fingerprint density at radius 3 is 2.65 bits per heavy atom. The molecule has 0 saturated carbocycles. The van der Waals surface area contributed by atoms with Gasteiger partial charge in [0.15, 0.2) is 0 Å². The number of thioether (sulfide) groups is 1. The molecule has 2 aromatic rings. The average Bonchev–Trinajstić information content (AvgIpc) is 2.98. The van der Waals surface area contributed by atoms with E-state index in [1.807, 2.05) is 30.0 Å². The summed E-state index contributed by atoms with van der Waals surface area (Å²) in [5, 5.41) is 7.15. The third-order valence-electron chi connectivity index (χ3n) is 4.09. The van der Waals surface area contributed by atoms with Gasteiger partial charge in [-0.25, -0.2) is 8.78 Å². The second-order valence-electron chi connectivity index (χ2n) is 6.32. The third-order valence-corrected chi connectivity index (χ3v) is 5.45. The van der Waals surface area contributed by atoms with Crippen molar-refractivity contribution in [2.75, 3.05) is 5.32 Å². The van der Waals surface area contributed by atoms with Crippen LogP contribution in [0.3, 0.4) is 0 Å². The molecule has 7 heteroatoms. The fourth-order valence-corrected chi connectivity index (χ4v) is 4.31. The molecule has 2 unspecified atom stereocenters. The zero-order chi connectivity index (χ0) is 19.3. The lowest BCUT2D eigenvalue weighted by Gasteiger charge is -2.20. The molecule has 2 rings (SSSR count). The zero-order valence-electron chi connectivity index (χ0n) is 15.5. The van der Waals surface area contributed by atoms with Crippen molar-refractivity contribution < 1.29 is 13.6 Å². The second kappa shape index (κ2) is 9.16. The van der Waals surface area contributed by atoms with Gasteiger partial charge in [0.1, 0.15) is 5.69 Å². The number of hydrogen-bond acceptors (Lipinski definition) is 3. The predicted octanol–water partition coefficient (Wildman–Crippen LogP) is 5.59. The van der Waals surface area contributed by atoms with Gasteiger partial charge in [0.25, 0.3) is 12.3 Å². The summed E-state index contributed by atoms with van der Waals surface area (Å²) >= 11 is 1.84. The number of alkyl halides is 2. The molecular weight excluding hydrogens is 356 g/mol. The van der Waals surface area contributed by atoms with Crippen LogP contribution in [0.5, 0.6) is 0 Å². The van der Waals surface area contributed by atoms with Gasteiger partial charge in [-0.3, -0.25) is 9.48 Å². The summed E-state index contributed by atoms with van der Waals surface area (Å²) in [5.41, 5.74) is 1.03. The van der Waals surface area contributed by atoms with Crippen LogP contribution >= 0.6 is 11.8 Å². The van der Waals surface area contributed by atoms with Gasteiger partial charge in [-0.05, 0) is 25.0 Å². The van der Waals surface area contributed by atoms with Gasteiger partial charge in [-0.2, -0.15) is 16.9 Å². The Kier molecular flexibility index (Phi) is 7.20. The van der Waals surface area contributed by atoms with E-state index in [4.69, 9.17) is 0 Å². The highest BCUT2D eigenvalue weighted by Gasteiger charge is 2.24. The Labute approximate surface area is 157 Å². The summed E-state index contributed by atoms with van der Waals surface area (Å²) in [6.07, 6.45) is 0.769. The number of para-hydroxylation sites is 1. The number of carbonyl (C=O) groups excluding carboxylic acids is 1. The van der Waals surface area contributed by atoms with Crippen LogP contribution in [0, 0.1) is 0 Å². The quantitative estimate of drug-likeness (QED) is 0.648. The molecule has 1 amide bonds. The predicted molar refractivity (Wildman–Crippen MR) is 103 cm³/mol. The van der Waals surface area contributed by atoms with E-state index in [2.05, 4.69) is 31.2 Å². The number of aryl methyl sites for hydroxylation is 1. The Morgan fingerprint density at radius 1 is 1.31 bits per heavy atom. The van der Waals surface area contributed by atoms with Crippen molar-refractivity contribution in [3.8, 4) is 0 Å². The van der Waals surface area contributed by atoms with Gasteiger partial charge < -0.3 is 5.32 Å². The summed E-state index contributed by atoms with van der Waals surface area (Å²) in [7, 11) is 1.52. The monoisotopic (exact) mass is 381 g/mol. The third kappa shape index (κ3) is 5.06. The van der Waals surface area contributed by atoms with Crippen LogP contribution < -0.4 is 5.32 Å². The molecule has 142 valence electrons. The maximum absolute atomic E-state index is 13.1. The number of nitrogens with zero attached hydrogens (tertiary/aromatic N) is 2. The van der Waals surface area contributed by atoms with Crippen molar-refractivity contribution in [3.63, 3.8) is 0 Å². The summed E-state index contributed by atoms with van der Waals surface area (Å²) in [4.78, 5) is 12.5. The molecule has 0 fully saturated rings. The highest BCUT2D eigenvalue weighted by Crippen LogP contribution is 2.37. The van der Waals surface area contributed by atoms with Gasteiger partial charge in [0.2, 0.25) is 0 Å². The molecular formula is C19H25F2N3OS. The molecule has 0 spiro atoms. The van der Waals surface area contributed by atoms with Crippen molar-refractivity contribution in [2.24, 2.45) is 7.05 Å². The number of anilines is 1. The van der Waals surface area contributed by atoms with E-state index in [9.17, 15) is 13.6 Å². The Balaban J connectivity index is 2.21. The topological polar surface area (TPSA) is 46.9 Å². The number of rotatable bonds is 8. The summed E-state index contributed by atoms with van der Waals surface area (Å²) in [6, 6.07) is 7.50. The minimum Gasteiger partial charge on any atom is -0.322 e. The Morgan fingerprint density at radius 2 is 2.00 bits per heavy atom. The molecule has 0 radical (unpaired) electrons. The van der Waals surface area contributed by atoms with Crippen LogP contribution in [0.15, 0.2) is 30.5 Å². The van der Waals surface area contributed by atoms with Crippen LogP contribution in [0.2, 0.25) is 0 Å². The minimum atomic E-state index is -2.79. The average molecular weight is 381 g/mol. The van der Waals surface area contributed by atoms with E-state index >= 15 is 0 Å². The van der Waals surface area contributed by atoms with Crippen LogP contribution in [-0.4, -0.2) is 20.9 Å². The lowest BCUT2D eigenvalue weighted by atomic mass is 10.1. The molecule has 0 aliphatic heterocycles. The van der Waals surface area contributed by atoms with Crippen molar-refractivity contribution >= 4 is 23.4 Å². The second-order valence-corrected chi connectivity index (χ2v) is 8.11. The largest absolute Gasteiger partial charge is 0.322 e. The van der Waals surface area contributed by atoms with Gasteiger partial charge >= 0.3 is 0 Å². The minimum absolute atomic E-state index is 0.100. The number of benzene rings is 1. The molecule has 0 aliphatic rings. The molecule has 0 aliphatic carbocycles. The van der Waals surface area contributed by atoms with Crippen LogP contribution in [0.4, 0.5) is 14.5 Å². The molecule has 2 atom stereocenters. The fraction of sp³-hybridized carbons (Fsp3) is 0.474. The van der Waals surface area contributed by atoms with E-state index in [-0.39, 0.29) is 10.8 Å². The number of halogens is 2. The van der Waals surface area contributed by atoms with Crippen LogP contribution in [-0.2, 0) is 7.05 Å². The highest BCUT2D eigenvalue weighted by atomic mass is 32.2. The summed E-state index contributed by atoms with van der Waals surface area (Å²) < 4.78 is 27.4. The number of nitrogens with one attached hydrogen (secondary N) is 1. The maximum atomic E-state index is 13.1. The smallest absolute Gasteiger partial charge is 0.282 e. The van der Waals surface area contributed by atoms with Crippen LogP contribution in [0.25, 0.3) is 0 Å². The highest BCUT2D eigenvalue weighted by molar-refractivity contribution is 8.00. The fourth-order valence-electron chi connectivity index (χ4n) is 2.89. The van der Waals surface area contributed by atoms with E-state index in [1.54, 1.807) is 6.07 Å². The number of amides is 1. The Hall–Kier alpha value is -1.89. The molecule has 4 nitrogen and oxygen atoms in total. The lowest BCUT2D eigenvalue weighted by Crippen LogP contribution is -2.15. The molecule has 1 heterocycles. The van der Waals surface area contributed by atoms with Crippen molar-refractivity contribution in [1.82, 2.24) is 9.78 Å². The van der Waals surface area contributed by atoms with Gasteiger partial charge in [0, 0.05) is 29.4 Å². The van der Waals surface area contributed by atoms with Crippen molar-refractivity contribution in [3.05, 3.63) is 47.3 Å². The first-order chi connectivity index (χ1) is 12.3. The van der Waals surface area contributed by atoms with E-state index in [0.29, 0.717) is 10.9 Å². The molecule has 0 saturated heterocycles. The van der Waals surface area contributed by atoms with Crippen molar-refractivity contribution in [2.45, 2.75) is 50.5 Å². The van der Waals surface area contributed by atoms with Gasteiger partial charge in [-0.15, -0.1) is 0 Å². The maximum Gasteiger partial charge on any atom is 0.282 e. The van der Waals surface area contributed by atoms with Crippen LogP contribution in [0.1, 0.15) is 66.9 Å². The number of hydrogen-bond donors (Lipinski definition) is 1. The van der Waals surface area contributed by atoms with Gasteiger partial charge in [0.05, 0.1) is 5.56 Å².